The summed E-state index contributed by atoms with van der Waals surface area (Å²) in [5, 5.41) is 1.39. The molecule has 24 heavy (non-hydrogen) atoms. The van der Waals surface area contributed by atoms with Gasteiger partial charge >= 0.3 is 0 Å². The molecule has 0 unspecified atom stereocenters. The number of hydrogen-bond acceptors (Lipinski definition) is 2. The highest BCUT2D eigenvalue weighted by atomic mass is 32.1. The van der Waals surface area contributed by atoms with Crippen LogP contribution in [0.5, 0.6) is 0 Å². The van der Waals surface area contributed by atoms with Crippen molar-refractivity contribution in [2.75, 3.05) is 13.1 Å². The van der Waals surface area contributed by atoms with Gasteiger partial charge in [-0.15, -0.1) is 0 Å². The number of thiazole rings is 1. The molecule has 1 fully saturated rings. The minimum absolute atomic E-state index is 1.03. The van der Waals surface area contributed by atoms with Crippen molar-refractivity contribution in [2.24, 2.45) is 0 Å². The molecule has 0 atom stereocenters. The molecule has 1 aromatic heterocycles. The molecule has 0 amide bonds. The summed E-state index contributed by atoms with van der Waals surface area (Å²) in [6, 6.07) is 8.77. The van der Waals surface area contributed by atoms with E-state index < -0.39 is 0 Å². The van der Waals surface area contributed by atoms with Gasteiger partial charge < -0.3 is 4.90 Å². The van der Waals surface area contributed by atoms with Crippen molar-refractivity contribution >= 4 is 27.6 Å². The number of allylic oxidation sites excluding steroid dienone is 3. The van der Waals surface area contributed by atoms with Crippen LogP contribution in [0.2, 0.25) is 0 Å². The first kappa shape index (κ1) is 15.9. The highest BCUT2D eigenvalue weighted by molar-refractivity contribution is 7.18. The lowest BCUT2D eigenvalue weighted by Crippen LogP contribution is -2.33. The van der Waals surface area contributed by atoms with Crippen LogP contribution in [0.4, 0.5) is 0 Å². The Morgan fingerprint density at radius 3 is 2.75 bits per heavy atom. The Balaban J connectivity index is 1.67. The Kier molecular flexibility index (Phi) is 4.70. The first-order valence-corrected chi connectivity index (χ1v) is 10.2. The van der Waals surface area contributed by atoms with Gasteiger partial charge in [0, 0.05) is 30.9 Å². The van der Waals surface area contributed by atoms with Gasteiger partial charge in [0.25, 0.3) is 5.01 Å². The summed E-state index contributed by atoms with van der Waals surface area (Å²) in [7, 11) is 0. The number of rotatable bonds is 3. The average Bonchev–Trinajstić information content (AvgIpc) is 2.99. The van der Waals surface area contributed by atoms with Gasteiger partial charge in [0.15, 0.2) is 0 Å². The molecule has 1 aliphatic carbocycles. The van der Waals surface area contributed by atoms with Gasteiger partial charge in [-0.25, -0.2) is 0 Å². The standard InChI is InChI=1S/C21H27N2S/c1-2-23-19-11-4-5-12-20(19)24-21(23)16-17-9-8-10-18(15-17)22-13-6-3-7-14-22/h4-5,11-12,15-16H,2-3,6-10,13-14H2,1H3/q+1. The number of aromatic nitrogens is 1. The summed E-state index contributed by atoms with van der Waals surface area (Å²) in [5.74, 6) is 0. The van der Waals surface area contributed by atoms with Crippen molar-refractivity contribution in [2.45, 2.75) is 52.0 Å². The molecule has 1 saturated heterocycles. The van der Waals surface area contributed by atoms with E-state index in [1.165, 1.54) is 72.4 Å². The highest BCUT2D eigenvalue weighted by Gasteiger charge is 2.20. The van der Waals surface area contributed by atoms with Crippen LogP contribution in [0.15, 0.2) is 41.6 Å². The molecule has 0 saturated carbocycles. The molecule has 2 heterocycles. The molecule has 2 aliphatic rings. The fourth-order valence-electron chi connectivity index (χ4n) is 4.02. The van der Waals surface area contributed by atoms with Gasteiger partial charge in [-0.1, -0.05) is 23.5 Å². The second-order valence-corrected chi connectivity index (χ2v) is 7.97. The van der Waals surface area contributed by atoms with Crippen LogP contribution in [0, 0.1) is 0 Å². The molecule has 0 radical (unpaired) electrons. The molecule has 0 spiro atoms. The summed E-state index contributed by atoms with van der Waals surface area (Å²) < 4.78 is 3.85. The fourth-order valence-corrected chi connectivity index (χ4v) is 5.22. The predicted molar refractivity (Wildman–Crippen MR) is 103 cm³/mol. The Labute approximate surface area is 149 Å². The number of para-hydroxylation sites is 1. The quantitative estimate of drug-likeness (QED) is 0.702. The second-order valence-electron chi connectivity index (χ2n) is 6.91. The van der Waals surface area contributed by atoms with Crippen LogP contribution in [-0.4, -0.2) is 18.0 Å². The minimum atomic E-state index is 1.03. The van der Waals surface area contributed by atoms with Gasteiger partial charge in [-0.2, -0.15) is 4.57 Å². The van der Waals surface area contributed by atoms with E-state index in [4.69, 9.17) is 0 Å². The Bertz CT molecular complexity index is 778. The van der Waals surface area contributed by atoms with E-state index in [-0.39, 0.29) is 0 Å². The third kappa shape index (κ3) is 3.14. The molecule has 126 valence electrons. The van der Waals surface area contributed by atoms with Crippen molar-refractivity contribution in [3.8, 4) is 0 Å². The molecule has 3 heteroatoms. The summed E-state index contributed by atoms with van der Waals surface area (Å²) in [4.78, 5) is 2.63. The molecule has 2 nitrogen and oxygen atoms in total. The monoisotopic (exact) mass is 339 g/mol. The molecule has 1 aromatic carbocycles. The lowest BCUT2D eigenvalue weighted by Gasteiger charge is -2.33. The van der Waals surface area contributed by atoms with E-state index in [0.717, 1.165) is 6.54 Å². The Hall–Kier alpha value is -1.61. The maximum Gasteiger partial charge on any atom is 0.263 e. The predicted octanol–water partition coefficient (Wildman–Crippen LogP) is 5.15. The van der Waals surface area contributed by atoms with Crippen LogP contribution < -0.4 is 4.57 Å². The number of aryl methyl sites for hydroxylation is 1. The SMILES string of the molecule is CC[n+]1c(/C=C2/C=C(N3CCCCC3)CCC2)sc2ccccc21. The van der Waals surface area contributed by atoms with Crippen LogP contribution in [0.3, 0.4) is 0 Å². The molecule has 2 aromatic rings. The molecule has 0 bridgehead atoms. The summed E-state index contributed by atoms with van der Waals surface area (Å²) in [6.07, 6.45) is 12.8. The van der Waals surface area contributed by atoms with Crippen LogP contribution >= 0.6 is 11.3 Å². The van der Waals surface area contributed by atoms with Gasteiger partial charge in [0.2, 0.25) is 5.52 Å². The van der Waals surface area contributed by atoms with E-state index in [9.17, 15) is 0 Å². The van der Waals surface area contributed by atoms with Gasteiger partial charge in [-0.3, -0.25) is 0 Å². The first-order valence-electron chi connectivity index (χ1n) is 9.42. The van der Waals surface area contributed by atoms with Gasteiger partial charge in [0.1, 0.15) is 11.2 Å². The maximum atomic E-state index is 2.63. The summed E-state index contributed by atoms with van der Waals surface area (Å²) >= 11 is 1.92. The molecule has 0 N–H and O–H groups in total. The maximum absolute atomic E-state index is 2.63. The van der Waals surface area contributed by atoms with E-state index in [0.29, 0.717) is 0 Å². The number of piperidine rings is 1. The number of nitrogens with zero attached hydrogens (tertiary/aromatic N) is 2. The molecular formula is C21H27N2S+. The van der Waals surface area contributed by atoms with Crippen LogP contribution in [-0.2, 0) is 6.54 Å². The first-order chi connectivity index (χ1) is 11.8. The van der Waals surface area contributed by atoms with Crippen molar-refractivity contribution < 1.29 is 4.57 Å². The third-order valence-corrected chi connectivity index (χ3v) is 6.39. The van der Waals surface area contributed by atoms with Crippen LogP contribution in [0.1, 0.15) is 50.5 Å². The van der Waals surface area contributed by atoms with E-state index in [1.54, 1.807) is 5.70 Å². The summed E-state index contributed by atoms with van der Waals surface area (Å²) in [5.41, 5.74) is 4.46. The Morgan fingerprint density at radius 2 is 1.92 bits per heavy atom. The van der Waals surface area contributed by atoms with Crippen molar-refractivity contribution in [3.05, 3.63) is 46.6 Å². The normalized spacial score (nSPS) is 20.6. The largest absolute Gasteiger partial charge is 0.375 e. The summed E-state index contributed by atoms with van der Waals surface area (Å²) in [6.45, 7) is 5.80. The van der Waals surface area contributed by atoms with E-state index in [1.807, 2.05) is 11.3 Å². The average molecular weight is 340 g/mol. The van der Waals surface area contributed by atoms with E-state index >= 15 is 0 Å². The smallest absolute Gasteiger partial charge is 0.263 e. The van der Waals surface area contributed by atoms with E-state index in [2.05, 4.69) is 52.8 Å². The molecular weight excluding hydrogens is 312 g/mol. The van der Waals surface area contributed by atoms with Crippen molar-refractivity contribution in [1.29, 1.82) is 0 Å². The number of benzene rings is 1. The van der Waals surface area contributed by atoms with Crippen LogP contribution in [0.25, 0.3) is 16.3 Å². The molecule has 1 aliphatic heterocycles. The third-order valence-electron chi connectivity index (χ3n) is 5.27. The van der Waals surface area contributed by atoms with Crippen molar-refractivity contribution in [3.63, 3.8) is 0 Å². The second kappa shape index (κ2) is 7.10. The molecule has 4 rings (SSSR count). The zero-order chi connectivity index (χ0) is 16.4. The topological polar surface area (TPSA) is 7.12 Å². The number of fused-ring (bicyclic) bond motifs is 1. The zero-order valence-corrected chi connectivity index (χ0v) is 15.4. The minimum Gasteiger partial charge on any atom is -0.375 e. The fraction of sp³-hybridized carbons (Fsp3) is 0.476. The lowest BCUT2D eigenvalue weighted by atomic mass is 9.97. The van der Waals surface area contributed by atoms with Crippen molar-refractivity contribution in [1.82, 2.24) is 4.90 Å². The highest BCUT2D eigenvalue weighted by Crippen LogP contribution is 2.29. The number of likely N-dealkylation sites (tertiary alicyclic amines) is 1. The number of hydrogen-bond donors (Lipinski definition) is 0. The van der Waals surface area contributed by atoms with Gasteiger partial charge in [-0.05, 0) is 63.2 Å². The van der Waals surface area contributed by atoms with Gasteiger partial charge in [0.05, 0.1) is 0 Å². The lowest BCUT2D eigenvalue weighted by molar-refractivity contribution is -0.665. The Morgan fingerprint density at radius 1 is 1.08 bits per heavy atom. The zero-order valence-electron chi connectivity index (χ0n) is 14.6.